The zero-order valence-corrected chi connectivity index (χ0v) is 11.5. The molecule has 0 aliphatic carbocycles. The van der Waals surface area contributed by atoms with Crippen molar-refractivity contribution in [3.63, 3.8) is 0 Å². The summed E-state index contributed by atoms with van der Waals surface area (Å²) in [6.07, 6.45) is 0.932. The van der Waals surface area contributed by atoms with E-state index >= 15 is 0 Å². The standard InChI is InChI=1S/C17H22O/c1-17(2,3)15(12-18)11-14-9-6-8-13-7-4-5-10-16(13)14/h4-10,15,18H,11-12H2,1-3H3. The fourth-order valence-corrected chi connectivity index (χ4v) is 2.38. The molecule has 2 rings (SSSR count). The van der Waals surface area contributed by atoms with Gasteiger partial charge in [0.2, 0.25) is 0 Å². The second kappa shape index (κ2) is 5.11. The fourth-order valence-electron chi connectivity index (χ4n) is 2.38. The molecule has 0 fully saturated rings. The summed E-state index contributed by atoms with van der Waals surface area (Å²) in [4.78, 5) is 0. The minimum atomic E-state index is 0.131. The number of hydrogen-bond donors (Lipinski definition) is 1. The molecule has 0 aliphatic rings. The second-order valence-electron chi connectivity index (χ2n) is 6.09. The van der Waals surface area contributed by atoms with Crippen LogP contribution in [0, 0.1) is 11.3 Å². The minimum Gasteiger partial charge on any atom is -0.396 e. The van der Waals surface area contributed by atoms with Gasteiger partial charge in [-0.25, -0.2) is 0 Å². The number of aliphatic hydroxyl groups is 1. The van der Waals surface area contributed by atoms with Crippen LogP contribution in [0.25, 0.3) is 10.8 Å². The van der Waals surface area contributed by atoms with Gasteiger partial charge in [-0.2, -0.15) is 0 Å². The molecule has 96 valence electrons. The fraction of sp³-hybridized carbons (Fsp3) is 0.412. The van der Waals surface area contributed by atoms with Crippen LogP contribution in [0.5, 0.6) is 0 Å². The summed E-state index contributed by atoms with van der Waals surface area (Å²) in [6, 6.07) is 14.9. The molecule has 0 bridgehead atoms. The van der Waals surface area contributed by atoms with Gasteiger partial charge in [-0.3, -0.25) is 0 Å². The Morgan fingerprint density at radius 1 is 1.00 bits per heavy atom. The molecule has 0 radical (unpaired) electrons. The molecule has 18 heavy (non-hydrogen) atoms. The normalized spacial score (nSPS) is 13.8. The highest BCUT2D eigenvalue weighted by Gasteiger charge is 2.24. The Balaban J connectivity index is 2.37. The van der Waals surface area contributed by atoms with Gasteiger partial charge in [0, 0.05) is 6.61 Å². The van der Waals surface area contributed by atoms with Crippen molar-refractivity contribution in [3.05, 3.63) is 48.0 Å². The number of rotatable bonds is 3. The van der Waals surface area contributed by atoms with Gasteiger partial charge in [0.15, 0.2) is 0 Å². The van der Waals surface area contributed by atoms with E-state index in [2.05, 4.69) is 63.2 Å². The van der Waals surface area contributed by atoms with Gasteiger partial charge < -0.3 is 5.11 Å². The third kappa shape index (κ3) is 2.73. The zero-order valence-electron chi connectivity index (χ0n) is 11.5. The average Bonchev–Trinajstić information content (AvgIpc) is 2.34. The number of fused-ring (bicyclic) bond motifs is 1. The van der Waals surface area contributed by atoms with E-state index in [1.165, 1.54) is 16.3 Å². The molecular weight excluding hydrogens is 220 g/mol. The Hall–Kier alpha value is -1.34. The Morgan fingerprint density at radius 2 is 1.67 bits per heavy atom. The summed E-state index contributed by atoms with van der Waals surface area (Å²) in [6.45, 7) is 6.82. The maximum atomic E-state index is 9.60. The van der Waals surface area contributed by atoms with Crippen LogP contribution in [0.2, 0.25) is 0 Å². The van der Waals surface area contributed by atoms with Crippen molar-refractivity contribution in [2.45, 2.75) is 27.2 Å². The van der Waals surface area contributed by atoms with Crippen molar-refractivity contribution in [3.8, 4) is 0 Å². The van der Waals surface area contributed by atoms with E-state index < -0.39 is 0 Å². The van der Waals surface area contributed by atoms with Crippen LogP contribution in [0.4, 0.5) is 0 Å². The van der Waals surface area contributed by atoms with Gasteiger partial charge in [0.25, 0.3) is 0 Å². The van der Waals surface area contributed by atoms with Crippen LogP contribution in [0.3, 0.4) is 0 Å². The number of benzene rings is 2. The highest BCUT2D eigenvalue weighted by atomic mass is 16.3. The van der Waals surface area contributed by atoms with E-state index in [1.807, 2.05) is 0 Å². The molecule has 0 spiro atoms. The van der Waals surface area contributed by atoms with Crippen LogP contribution in [0.1, 0.15) is 26.3 Å². The predicted octanol–water partition coefficient (Wildman–Crippen LogP) is 4.04. The second-order valence-corrected chi connectivity index (χ2v) is 6.09. The molecule has 2 aromatic rings. The third-order valence-electron chi connectivity index (χ3n) is 3.79. The first-order valence-corrected chi connectivity index (χ1v) is 6.60. The lowest BCUT2D eigenvalue weighted by Crippen LogP contribution is -2.26. The monoisotopic (exact) mass is 242 g/mol. The zero-order chi connectivity index (χ0) is 13.2. The van der Waals surface area contributed by atoms with E-state index in [9.17, 15) is 5.11 Å². The van der Waals surface area contributed by atoms with Gasteiger partial charge in [-0.05, 0) is 34.1 Å². The van der Waals surface area contributed by atoms with Crippen LogP contribution < -0.4 is 0 Å². The van der Waals surface area contributed by atoms with Crippen molar-refractivity contribution < 1.29 is 5.11 Å². The lowest BCUT2D eigenvalue weighted by Gasteiger charge is -2.29. The van der Waals surface area contributed by atoms with Crippen molar-refractivity contribution in [1.29, 1.82) is 0 Å². The smallest absolute Gasteiger partial charge is 0.0467 e. The van der Waals surface area contributed by atoms with E-state index in [0.717, 1.165) is 6.42 Å². The molecule has 0 heterocycles. The Labute approximate surface area is 109 Å². The molecule has 0 saturated heterocycles. The number of aliphatic hydroxyl groups excluding tert-OH is 1. The van der Waals surface area contributed by atoms with Crippen molar-refractivity contribution in [1.82, 2.24) is 0 Å². The first-order chi connectivity index (χ1) is 8.52. The van der Waals surface area contributed by atoms with Gasteiger partial charge in [0.05, 0.1) is 0 Å². The highest BCUT2D eigenvalue weighted by molar-refractivity contribution is 5.85. The predicted molar refractivity (Wildman–Crippen MR) is 77.7 cm³/mol. The molecule has 0 aliphatic heterocycles. The molecule has 0 amide bonds. The molecule has 1 N–H and O–H groups in total. The molecule has 2 aromatic carbocycles. The first-order valence-electron chi connectivity index (χ1n) is 6.60. The molecule has 1 nitrogen and oxygen atoms in total. The van der Waals surface area contributed by atoms with Gasteiger partial charge >= 0.3 is 0 Å². The van der Waals surface area contributed by atoms with Crippen molar-refractivity contribution in [2.24, 2.45) is 11.3 Å². The molecule has 1 heteroatoms. The summed E-state index contributed by atoms with van der Waals surface area (Å²) >= 11 is 0. The molecule has 0 aromatic heterocycles. The molecule has 0 saturated carbocycles. The number of hydrogen-bond acceptors (Lipinski definition) is 1. The van der Waals surface area contributed by atoms with Crippen LogP contribution in [-0.2, 0) is 6.42 Å². The SMILES string of the molecule is CC(C)(C)C(CO)Cc1cccc2ccccc12. The summed E-state index contributed by atoms with van der Waals surface area (Å²) in [5, 5.41) is 12.2. The Morgan fingerprint density at radius 3 is 2.33 bits per heavy atom. The highest BCUT2D eigenvalue weighted by Crippen LogP contribution is 2.30. The molecular formula is C17H22O. The third-order valence-corrected chi connectivity index (χ3v) is 3.79. The largest absolute Gasteiger partial charge is 0.396 e. The summed E-state index contributed by atoms with van der Waals surface area (Å²) in [7, 11) is 0. The van der Waals surface area contributed by atoms with E-state index in [4.69, 9.17) is 0 Å². The molecule has 1 atom stereocenters. The van der Waals surface area contributed by atoms with Crippen LogP contribution in [-0.4, -0.2) is 11.7 Å². The minimum absolute atomic E-state index is 0.131. The molecule has 1 unspecified atom stereocenters. The Kier molecular flexibility index (Phi) is 3.72. The summed E-state index contributed by atoms with van der Waals surface area (Å²) in [5.41, 5.74) is 1.47. The van der Waals surface area contributed by atoms with Gasteiger partial charge in [-0.15, -0.1) is 0 Å². The Bertz CT molecular complexity index is 517. The lowest BCUT2D eigenvalue weighted by molar-refractivity contribution is 0.131. The van der Waals surface area contributed by atoms with E-state index in [0.29, 0.717) is 5.92 Å². The van der Waals surface area contributed by atoms with E-state index in [-0.39, 0.29) is 12.0 Å². The van der Waals surface area contributed by atoms with Crippen LogP contribution >= 0.6 is 0 Å². The van der Waals surface area contributed by atoms with Gasteiger partial charge in [0.1, 0.15) is 0 Å². The quantitative estimate of drug-likeness (QED) is 0.861. The lowest BCUT2D eigenvalue weighted by atomic mass is 9.77. The topological polar surface area (TPSA) is 20.2 Å². The van der Waals surface area contributed by atoms with Crippen molar-refractivity contribution >= 4 is 10.8 Å². The summed E-state index contributed by atoms with van der Waals surface area (Å²) < 4.78 is 0. The maximum Gasteiger partial charge on any atom is 0.0467 e. The van der Waals surface area contributed by atoms with Crippen molar-refractivity contribution in [2.75, 3.05) is 6.61 Å². The summed E-state index contributed by atoms with van der Waals surface area (Å²) in [5.74, 6) is 0.295. The van der Waals surface area contributed by atoms with Gasteiger partial charge in [-0.1, -0.05) is 63.2 Å². The first kappa shape index (κ1) is 13.1. The van der Waals surface area contributed by atoms with Crippen LogP contribution in [0.15, 0.2) is 42.5 Å². The maximum absolute atomic E-state index is 9.60. The average molecular weight is 242 g/mol. The van der Waals surface area contributed by atoms with E-state index in [1.54, 1.807) is 0 Å².